The van der Waals surface area contributed by atoms with Crippen LogP contribution in [0.5, 0.6) is 0 Å². The minimum Gasteiger partial charge on any atom is -0.383 e. The van der Waals surface area contributed by atoms with Crippen LogP contribution in [0.3, 0.4) is 0 Å². The second-order valence-electron chi connectivity index (χ2n) is 10.4. The number of halogens is 1. The monoisotopic (exact) mass is 489 g/mol. The molecule has 2 rings (SSSR count). The number of benzene rings is 1. The number of methoxy groups -OCH3 is 1. The minimum absolute atomic E-state index is 0.0236. The summed E-state index contributed by atoms with van der Waals surface area (Å²) < 4.78 is 7.31. The third kappa shape index (κ3) is 9.15. The quantitative estimate of drug-likeness (QED) is 0.417. The Balaban J connectivity index is 2.18. The normalized spacial score (nSPS) is 11.6. The lowest BCUT2D eigenvalue weighted by Crippen LogP contribution is -2.45. The van der Waals surface area contributed by atoms with Gasteiger partial charge in [0.1, 0.15) is 0 Å². The highest BCUT2D eigenvalue weighted by Gasteiger charge is 2.25. The lowest BCUT2D eigenvalue weighted by atomic mass is 9.91. The molecular formula is C27H40ClN3O3. The predicted molar refractivity (Wildman–Crippen MR) is 138 cm³/mol. The van der Waals surface area contributed by atoms with Crippen LogP contribution in [0.2, 0.25) is 5.02 Å². The summed E-state index contributed by atoms with van der Waals surface area (Å²) in [5, 5.41) is 0.725. The fourth-order valence-electron chi connectivity index (χ4n) is 3.77. The summed E-state index contributed by atoms with van der Waals surface area (Å²) in [6.45, 7) is 12.8. The van der Waals surface area contributed by atoms with Gasteiger partial charge in [-0.3, -0.25) is 9.59 Å². The van der Waals surface area contributed by atoms with Crippen molar-refractivity contribution in [1.82, 2.24) is 14.4 Å². The second-order valence-corrected chi connectivity index (χ2v) is 10.8. The van der Waals surface area contributed by atoms with Crippen molar-refractivity contribution < 1.29 is 14.3 Å². The number of amides is 2. The van der Waals surface area contributed by atoms with Gasteiger partial charge in [0, 0.05) is 50.1 Å². The molecule has 0 saturated heterocycles. The summed E-state index contributed by atoms with van der Waals surface area (Å²) in [5.41, 5.74) is 1.91. The van der Waals surface area contributed by atoms with Gasteiger partial charge in [-0.25, -0.2) is 0 Å². The van der Waals surface area contributed by atoms with E-state index >= 15 is 0 Å². The molecule has 7 heteroatoms. The SMILES string of the molecule is COCCN(CC(=O)N(Cc1cccn1Cc1ccccc1Cl)CC(C)C)C(=O)CC(C)(C)C. The maximum Gasteiger partial charge on any atom is 0.242 e. The highest BCUT2D eigenvalue weighted by atomic mass is 35.5. The molecule has 188 valence electrons. The van der Waals surface area contributed by atoms with Crippen molar-refractivity contribution in [2.24, 2.45) is 11.3 Å². The zero-order valence-electron chi connectivity index (χ0n) is 21.5. The van der Waals surface area contributed by atoms with Gasteiger partial charge in [0.2, 0.25) is 11.8 Å². The topological polar surface area (TPSA) is 54.8 Å². The molecule has 0 aliphatic heterocycles. The standard InChI is InChI=1S/C27H40ClN3O3/c1-21(2)17-31(26(33)20-30(14-15-34-6)25(32)16-27(3,4)5)19-23-11-9-13-29(23)18-22-10-7-8-12-24(22)28/h7-13,21H,14-20H2,1-6H3. The zero-order chi connectivity index (χ0) is 25.3. The average Bonchev–Trinajstić information content (AvgIpc) is 3.17. The summed E-state index contributed by atoms with van der Waals surface area (Å²) in [7, 11) is 1.60. The molecule has 0 aliphatic rings. The maximum atomic E-state index is 13.4. The molecule has 2 aromatic rings. The first-order chi connectivity index (χ1) is 16.0. The number of hydrogen-bond donors (Lipinski definition) is 0. The van der Waals surface area contributed by atoms with Crippen molar-refractivity contribution in [3.05, 3.63) is 58.9 Å². The Morgan fingerprint density at radius 3 is 2.38 bits per heavy atom. The molecule has 0 unspecified atom stereocenters. The number of aromatic nitrogens is 1. The Kier molecular flexibility index (Phi) is 10.6. The van der Waals surface area contributed by atoms with E-state index in [1.165, 1.54) is 0 Å². The first-order valence-corrected chi connectivity index (χ1v) is 12.3. The molecule has 2 amide bonds. The van der Waals surface area contributed by atoms with Crippen LogP contribution in [-0.2, 0) is 27.4 Å². The summed E-state index contributed by atoms with van der Waals surface area (Å²) in [6.07, 6.45) is 2.39. The third-order valence-electron chi connectivity index (χ3n) is 5.44. The maximum absolute atomic E-state index is 13.4. The minimum atomic E-state index is -0.150. The molecule has 0 saturated carbocycles. The van der Waals surface area contributed by atoms with Crippen LogP contribution in [-0.4, -0.2) is 59.5 Å². The fourth-order valence-corrected chi connectivity index (χ4v) is 3.97. The van der Waals surface area contributed by atoms with E-state index in [-0.39, 0.29) is 23.8 Å². The molecule has 6 nitrogen and oxygen atoms in total. The summed E-state index contributed by atoms with van der Waals surface area (Å²) in [6, 6.07) is 11.8. The van der Waals surface area contributed by atoms with Crippen LogP contribution in [0.4, 0.5) is 0 Å². The van der Waals surface area contributed by atoms with E-state index in [4.69, 9.17) is 16.3 Å². The largest absolute Gasteiger partial charge is 0.383 e. The Hall–Kier alpha value is -2.31. The molecule has 0 atom stereocenters. The molecule has 0 radical (unpaired) electrons. The number of carbonyl (C=O) groups excluding carboxylic acids is 2. The number of rotatable bonds is 12. The molecule has 0 bridgehead atoms. The lowest BCUT2D eigenvalue weighted by Gasteiger charge is -2.30. The van der Waals surface area contributed by atoms with E-state index in [9.17, 15) is 9.59 Å². The van der Waals surface area contributed by atoms with Gasteiger partial charge in [0.15, 0.2) is 0 Å². The average molecular weight is 490 g/mol. The molecule has 0 N–H and O–H groups in total. The van der Waals surface area contributed by atoms with E-state index < -0.39 is 0 Å². The zero-order valence-corrected chi connectivity index (χ0v) is 22.3. The number of hydrogen-bond acceptors (Lipinski definition) is 3. The Morgan fingerprint density at radius 1 is 1.06 bits per heavy atom. The number of ether oxygens (including phenoxy) is 1. The number of carbonyl (C=O) groups is 2. The highest BCUT2D eigenvalue weighted by molar-refractivity contribution is 6.31. The molecule has 1 aromatic carbocycles. The smallest absolute Gasteiger partial charge is 0.242 e. The van der Waals surface area contributed by atoms with Crippen LogP contribution >= 0.6 is 11.6 Å². The molecular weight excluding hydrogens is 450 g/mol. The third-order valence-corrected chi connectivity index (χ3v) is 5.81. The molecule has 1 aromatic heterocycles. The van der Waals surface area contributed by atoms with Gasteiger partial charge < -0.3 is 19.1 Å². The van der Waals surface area contributed by atoms with Gasteiger partial charge in [0.25, 0.3) is 0 Å². The van der Waals surface area contributed by atoms with E-state index in [0.717, 1.165) is 16.3 Å². The molecule has 1 heterocycles. The van der Waals surface area contributed by atoms with E-state index in [1.807, 2.05) is 68.3 Å². The second kappa shape index (κ2) is 13.0. The molecule has 0 fully saturated rings. The Morgan fingerprint density at radius 2 is 1.76 bits per heavy atom. The van der Waals surface area contributed by atoms with Crippen molar-refractivity contribution in [2.45, 2.75) is 54.1 Å². The van der Waals surface area contributed by atoms with E-state index in [0.29, 0.717) is 45.1 Å². The molecule has 0 spiro atoms. The lowest BCUT2D eigenvalue weighted by molar-refractivity contribution is -0.142. The van der Waals surface area contributed by atoms with Crippen LogP contribution < -0.4 is 0 Å². The Bertz CT molecular complexity index is 933. The summed E-state index contributed by atoms with van der Waals surface area (Å²) >= 11 is 6.37. The molecule has 0 aliphatic carbocycles. The fraction of sp³-hybridized carbons (Fsp3) is 0.556. The van der Waals surface area contributed by atoms with Gasteiger partial charge >= 0.3 is 0 Å². The van der Waals surface area contributed by atoms with Crippen molar-refractivity contribution in [1.29, 1.82) is 0 Å². The molecule has 34 heavy (non-hydrogen) atoms. The number of nitrogens with zero attached hydrogens (tertiary/aromatic N) is 3. The highest BCUT2D eigenvalue weighted by Crippen LogP contribution is 2.21. The van der Waals surface area contributed by atoms with Crippen LogP contribution in [0.25, 0.3) is 0 Å². The van der Waals surface area contributed by atoms with Crippen molar-refractivity contribution in [3.63, 3.8) is 0 Å². The van der Waals surface area contributed by atoms with Crippen molar-refractivity contribution >= 4 is 23.4 Å². The first kappa shape index (κ1) is 27.9. The first-order valence-electron chi connectivity index (χ1n) is 11.9. The van der Waals surface area contributed by atoms with Crippen LogP contribution in [0, 0.1) is 11.3 Å². The van der Waals surface area contributed by atoms with Gasteiger partial charge in [-0.2, -0.15) is 0 Å². The van der Waals surface area contributed by atoms with Gasteiger partial charge in [0.05, 0.1) is 19.7 Å². The summed E-state index contributed by atoms with van der Waals surface area (Å²) in [4.78, 5) is 29.9. The van der Waals surface area contributed by atoms with Gasteiger partial charge in [-0.15, -0.1) is 0 Å². The van der Waals surface area contributed by atoms with E-state index in [2.05, 4.69) is 18.4 Å². The van der Waals surface area contributed by atoms with Crippen LogP contribution in [0.15, 0.2) is 42.6 Å². The Labute approximate surface area is 209 Å². The van der Waals surface area contributed by atoms with E-state index in [1.54, 1.807) is 12.0 Å². The summed E-state index contributed by atoms with van der Waals surface area (Å²) in [5.74, 6) is 0.218. The predicted octanol–water partition coefficient (Wildman–Crippen LogP) is 5.09. The van der Waals surface area contributed by atoms with Gasteiger partial charge in [-0.1, -0.05) is 64.4 Å². The van der Waals surface area contributed by atoms with Crippen LogP contribution in [0.1, 0.15) is 52.3 Å². The van der Waals surface area contributed by atoms with Crippen molar-refractivity contribution in [3.8, 4) is 0 Å². The van der Waals surface area contributed by atoms with Gasteiger partial charge in [-0.05, 0) is 35.1 Å². The van der Waals surface area contributed by atoms with Crippen molar-refractivity contribution in [2.75, 3.05) is 33.4 Å².